The minimum absolute atomic E-state index is 0.0423. The second-order valence-corrected chi connectivity index (χ2v) is 11.8. The number of piperidine rings is 1. The van der Waals surface area contributed by atoms with Gasteiger partial charge in [-0.3, -0.25) is 14.5 Å². The van der Waals surface area contributed by atoms with Crippen molar-refractivity contribution in [3.05, 3.63) is 24.4 Å². The first-order valence-electron chi connectivity index (χ1n) is 12.7. The molecule has 3 saturated carbocycles. The van der Waals surface area contributed by atoms with Gasteiger partial charge in [0, 0.05) is 24.6 Å². The fraction of sp³-hybridized carbons (Fsp3) is 0.741. The summed E-state index contributed by atoms with van der Waals surface area (Å²) >= 11 is 0. The third-order valence-corrected chi connectivity index (χ3v) is 10.9. The summed E-state index contributed by atoms with van der Waals surface area (Å²) in [7, 11) is 0. The number of amides is 2. The Hall–Kier alpha value is -1.91. The molecule has 9 atom stereocenters. The number of carbonyl (C=O) groups excluding carboxylic acids is 2. The lowest BCUT2D eigenvalue weighted by Gasteiger charge is -2.64. The number of nitrogens with zero attached hydrogens (tertiary/aromatic N) is 2. The Morgan fingerprint density at radius 2 is 1.94 bits per heavy atom. The van der Waals surface area contributed by atoms with E-state index in [0.717, 1.165) is 18.7 Å². The van der Waals surface area contributed by atoms with E-state index < -0.39 is 0 Å². The molecule has 1 aliphatic heterocycles. The molecule has 4 aliphatic rings. The Morgan fingerprint density at radius 1 is 1.16 bits per heavy atom. The topological polar surface area (TPSA) is 76.3 Å². The van der Waals surface area contributed by atoms with Crippen molar-refractivity contribution in [2.24, 2.45) is 52.1 Å². The van der Waals surface area contributed by atoms with Crippen LogP contribution in [0.4, 0.5) is 5.82 Å². The zero-order chi connectivity index (χ0) is 22.8. The Labute approximate surface area is 192 Å². The Bertz CT molecular complexity index is 903. The van der Waals surface area contributed by atoms with Crippen molar-refractivity contribution >= 4 is 17.6 Å². The highest BCUT2D eigenvalue weighted by Crippen LogP contribution is 2.68. The molecule has 1 aromatic heterocycles. The summed E-state index contributed by atoms with van der Waals surface area (Å²) in [5.74, 6) is 3.62. The molecule has 3 aliphatic carbocycles. The zero-order valence-electron chi connectivity index (χ0n) is 20.1. The fourth-order valence-electron chi connectivity index (χ4n) is 9.07. The van der Waals surface area contributed by atoms with Crippen LogP contribution in [0.1, 0.15) is 72.6 Å². The van der Waals surface area contributed by atoms with E-state index in [-0.39, 0.29) is 34.6 Å². The maximum Gasteiger partial charge on any atom is 0.228 e. The van der Waals surface area contributed by atoms with E-state index in [4.69, 9.17) is 5.73 Å². The largest absolute Gasteiger partial charge is 0.369 e. The van der Waals surface area contributed by atoms with Crippen LogP contribution in [0.15, 0.2) is 24.4 Å². The zero-order valence-corrected chi connectivity index (χ0v) is 20.1. The normalized spacial score (nSPS) is 44.4. The number of carbonyl (C=O) groups is 2. The maximum absolute atomic E-state index is 13.2. The van der Waals surface area contributed by atoms with E-state index in [1.807, 2.05) is 25.1 Å². The number of hydrogen-bond donors (Lipinski definition) is 1. The van der Waals surface area contributed by atoms with Crippen molar-refractivity contribution in [3.8, 4) is 0 Å². The molecule has 1 aromatic rings. The lowest BCUT2D eigenvalue weighted by molar-refractivity contribution is -0.141. The van der Waals surface area contributed by atoms with Gasteiger partial charge in [0.2, 0.25) is 11.8 Å². The van der Waals surface area contributed by atoms with Crippen LogP contribution < -0.4 is 10.6 Å². The van der Waals surface area contributed by atoms with Crippen LogP contribution >= 0.6 is 0 Å². The van der Waals surface area contributed by atoms with E-state index >= 15 is 0 Å². The average Bonchev–Trinajstić information content (AvgIpc) is 3.12. The van der Waals surface area contributed by atoms with E-state index in [9.17, 15) is 9.59 Å². The minimum Gasteiger partial charge on any atom is -0.369 e. The number of pyridine rings is 1. The Morgan fingerprint density at radius 3 is 2.62 bits per heavy atom. The molecule has 0 bridgehead atoms. The van der Waals surface area contributed by atoms with Gasteiger partial charge in [0.05, 0.1) is 0 Å². The molecule has 32 heavy (non-hydrogen) atoms. The number of primary amides is 1. The van der Waals surface area contributed by atoms with Gasteiger partial charge in [-0.2, -0.15) is 0 Å². The van der Waals surface area contributed by atoms with Gasteiger partial charge >= 0.3 is 0 Å². The highest BCUT2D eigenvalue weighted by molar-refractivity contribution is 5.94. The van der Waals surface area contributed by atoms with E-state index in [2.05, 4.69) is 30.7 Å². The second-order valence-electron chi connectivity index (χ2n) is 11.8. The number of hydrogen-bond acceptors (Lipinski definition) is 3. The van der Waals surface area contributed by atoms with Crippen LogP contribution in [0.5, 0.6) is 0 Å². The lowest BCUT2D eigenvalue weighted by Crippen LogP contribution is -2.65. The predicted octanol–water partition coefficient (Wildman–Crippen LogP) is 4.80. The van der Waals surface area contributed by atoms with Crippen LogP contribution in [-0.4, -0.2) is 22.8 Å². The molecular formula is C27H39N3O2. The summed E-state index contributed by atoms with van der Waals surface area (Å²) < 4.78 is 0. The van der Waals surface area contributed by atoms with Crippen molar-refractivity contribution < 1.29 is 9.59 Å². The molecule has 2 N–H and O–H groups in total. The van der Waals surface area contributed by atoms with Gasteiger partial charge in [0.1, 0.15) is 5.82 Å². The van der Waals surface area contributed by atoms with Gasteiger partial charge in [-0.05, 0) is 91.1 Å². The number of rotatable bonds is 3. The Kier molecular flexibility index (Phi) is 5.18. The van der Waals surface area contributed by atoms with Crippen molar-refractivity contribution in [2.75, 3.05) is 4.90 Å². The molecule has 5 rings (SSSR count). The van der Waals surface area contributed by atoms with Gasteiger partial charge < -0.3 is 5.73 Å². The van der Waals surface area contributed by atoms with Gasteiger partial charge in [-0.15, -0.1) is 0 Å². The molecule has 5 heteroatoms. The quantitative estimate of drug-likeness (QED) is 0.738. The minimum atomic E-state index is -0.139. The molecule has 0 aromatic carbocycles. The highest BCUT2D eigenvalue weighted by atomic mass is 16.2. The predicted molar refractivity (Wildman–Crippen MR) is 126 cm³/mol. The molecule has 174 valence electrons. The second kappa shape index (κ2) is 7.56. The van der Waals surface area contributed by atoms with E-state index in [0.29, 0.717) is 36.0 Å². The summed E-state index contributed by atoms with van der Waals surface area (Å²) in [4.78, 5) is 31.9. The highest BCUT2D eigenvalue weighted by Gasteiger charge is 2.63. The molecule has 2 unspecified atom stereocenters. The number of nitrogens with two attached hydrogens (primary N) is 1. The molecule has 2 amide bonds. The number of fused-ring (bicyclic) bond motifs is 5. The van der Waals surface area contributed by atoms with Crippen molar-refractivity contribution in [2.45, 2.75) is 78.7 Å². The molecular weight excluding hydrogens is 398 g/mol. The maximum atomic E-state index is 13.2. The first kappa shape index (κ1) is 21.9. The standard InChI is InChI=1S/C27H39N3O2/c1-16-15-24(31)30(23-7-5-6-14-29-23)22-11-8-18-20-10-9-19(17(2)25(28)32)26(20,3)13-12-21(18)27(16,22)4/h5-7,14,16-22H,8-13,15H2,1-4H3,(H2,28,32)/t16?,17?,18-,19+,20-,21-,22+,26+,27+/m0/s1. The summed E-state index contributed by atoms with van der Waals surface area (Å²) in [5, 5.41) is 0. The van der Waals surface area contributed by atoms with Crippen LogP contribution in [0.2, 0.25) is 0 Å². The SMILES string of the molecule is CC(C(N)=O)[C@H]1CC[C@H]2[C@@H]3CC[C@H]4N(c5ccccn5)C(=O)CC(C)[C@]4(C)[C@H]3CC[C@]12C. The third-order valence-electron chi connectivity index (χ3n) is 10.9. The number of anilines is 1. The van der Waals surface area contributed by atoms with Gasteiger partial charge in [-0.25, -0.2) is 4.98 Å². The first-order chi connectivity index (χ1) is 15.2. The Balaban J connectivity index is 1.48. The third kappa shape index (κ3) is 2.92. The van der Waals surface area contributed by atoms with Crippen LogP contribution in [-0.2, 0) is 9.59 Å². The van der Waals surface area contributed by atoms with Crippen molar-refractivity contribution in [1.29, 1.82) is 0 Å². The van der Waals surface area contributed by atoms with Gasteiger partial charge in [0.25, 0.3) is 0 Å². The van der Waals surface area contributed by atoms with Crippen molar-refractivity contribution in [1.82, 2.24) is 4.98 Å². The smallest absolute Gasteiger partial charge is 0.228 e. The van der Waals surface area contributed by atoms with Crippen LogP contribution in [0, 0.1) is 46.3 Å². The van der Waals surface area contributed by atoms with Crippen LogP contribution in [0.3, 0.4) is 0 Å². The van der Waals surface area contributed by atoms with Crippen molar-refractivity contribution in [3.63, 3.8) is 0 Å². The molecule has 0 radical (unpaired) electrons. The number of aromatic nitrogens is 1. The molecule has 2 heterocycles. The summed E-state index contributed by atoms with van der Waals surface area (Å²) in [6, 6.07) is 6.12. The summed E-state index contributed by atoms with van der Waals surface area (Å²) in [6.45, 7) is 9.28. The first-order valence-corrected chi connectivity index (χ1v) is 12.7. The summed E-state index contributed by atoms with van der Waals surface area (Å²) in [5.41, 5.74) is 6.07. The lowest BCUT2D eigenvalue weighted by atomic mass is 9.44. The molecule has 4 fully saturated rings. The molecule has 5 nitrogen and oxygen atoms in total. The van der Waals surface area contributed by atoms with Gasteiger partial charge in [-0.1, -0.05) is 33.8 Å². The summed E-state index contributed by atoms with van der Waals surface area (Å²) in [6.07, 6.45) is 9.35. The van der Waals surface area contributed by atoms with Gasteiger partial charge in [0.15, 0.2) is 0 Å². The molecule has 0 spiro atoms. The average molecular weight is 438 g/mol. The fourth-order valence-corrected chi connectivity index (χ4v) is 9.07. The van der Waals surface area contributed by atoms with E-state index in [1.54, 1.807) is 6.20 Å². The monoisotopic (exact) mass is 437 g/mol. The van der Waals surface area contributed by atoms with E-state index in [1.165, 1.54) is 25.7 Å². The van der Waals surface area contributed by atoms with Crippen LogP contribution in [0.25, 0.3) is 0 Å². The molecule has 1 saturated heterocycles.